The largest absolute Gasteiger partial charge is 0.382 e. The minimum absolute atomic E-state index is 0.167. The van der Waals surface area contributed by atoms with E-state index < -0.39 is 10.0 Å². The van der Waals surface area contributed by atoms with Gasteiger partial charge in [-0.25, -0.2) is 12.7 Å². The third kappa shape index (κ3) is 4.91. The van der Waals surface area contributed by atoms with Gasteiger partial charge in [0.2, 0.25) is 10.0 Å². The second-order valence-corrected chi connectivity index (χ2v) is 10.5. The number of aryl methyl sites for hydroxylation is 1. The number of piperidine rings is 1. The smallest absolute Gasteiger partial charge is 0.213 e. The first-order chi connectivity index (χ1) is 15.0. The maximum atomic E-state index is 12.2. The molecule has 0 saturated carbocycles. The molecule has 0 amide bonds. The van der Waals surface area contributed by atoms with Crippen LogP contribution in [0.2, 0.25) is 0 Å². The van der Waals surface area contributed by atoms with Crippen molar-refractivity contribution in [3.8, 4) is 11.1 Å². The van der Waals surface area contributed by atoms with Gasteiger partial charge in [-0.1, -0.05) is 37.6 Å². The summed E-state index contributed by atoms with van der Waals surface area (Å²) in [5.41, 5.74) is 4.83. The van der Waals surface area contributed by atoms with E-state index in [0.29, 0.717) is 13.1 Å². The maximum Gasteiger partial charge on any atom is 0.213 e. The number of rotatable bonds is 7. The maximum absolute atomic E-state index is 12.2. The predicted octanol–water partition coefficient (Wildman–Crippen LogP) is 5.08. The van der Waals surface area contributed by atoms with Crippen LogP contribution in [0.25, 0.3) is 21.9 Å². The van der Waals surface area contributed by atoms with Gasteiger partial charge in [0.25, 0.3) is 0 Å². The molecule has 0 spiro atoms. The van der Waals surface area contributed by atoms with Gasteiger partial charge in [-0.15, -0.1) is 0 Å². The summed E-state index contributed by atoms with van der Waals surface area (Å²) in [6.07, 6.45) is 7.55. The highest BCUT2D eigenvalue weighted by atomic mass is 32.2. The lowest BCUT2D eigenvalue weighted by Crippen LogP contribution is -2.42. The van der Waals surface area contributed by atoms with Gasteiger partial charge < -0.3 is 5.32 Å². The molecule has 164 valence electrons. The highest BCUT2D eigenvalue weighted by Crippen LogP contribution is 2.32. The molecule has 6 heteroatoms. The van der Waals surface area contributed by atoms with Crippen molar-refractivity contribution in [2.45, 2.75) is 45.6 Å². The van der Waals surface area contributed by atoms with Gasteiger partial charge in [0.1, 0.15) is 0 Å². The van der Waals surface area contributed by atoms with Gasteiger partial charge in [0, 0.05) is 42.6 Å². The molecule has 1 aliphatic rings. The minimum Gasteiger partial charge on any atom is -0.382 e. The summed E-state index contributed by atoms with van der Waals surface area (Å²) in [6.45, 7) is 5.06. The Morgan fingerprint density at radius 1 is 1.06 bits per heavy atom. The van der Waals surface area contributed by atoms with Crippen LogP contribution in [0.5, 0.6) is 0 Å². The van der Waals surface area contributed by atoms with Crippen molar-refractivity contribution in [3.05, 3.63) is 60.4 Å². The zero-order valence-electron chi connectivity index (χ0n) is 18.3. The molecular weight excluding hydrogens is 406 g/mol. The van der Waals surface area contributed by atoms with Crippen molar-refractivity contribution in [1.29, 1.82) is 0 Å². The average Bonchev–Trinajstić information content (AvgIpc) is 2.80. The van der Waals surface area contributed by atoms with E-state index in [0.717, 1.165) is 42.1 Å². The predicted molar refractivity (Wildman–Crippen MR) is 129 cm³/mol. The van der Waals surface area contributed by atoms with Crippen molar-refractivity contribution in [3.63, 3.8) is 0 Å². The monoisotopic (exact) mass is 437 g/mol. The molecule has 0 radical (unpaired) electrons. The van der Waals surface area contributed by atoms with Crippen molar-refractivity contribution in [2.24, 2.45) is 0 Å². The summed E-state index contributed by atoms with van der Waals surface area (Å²) in [5, 5.41) is 5.95. The van der Waals surface area contributed by atoms with E-state index in [2.05, 4.69) is 59.7 Å². The highest BCUT2D eigenvalue weighted by Gasteiger charge is 2.26. The van der Waals surface area contributed by atoms with Gasteiger partial charge >= 0.3 is 0 Å². The Labute approximate surface area is 185 Å². The third-order valence-corrected chi connectivity index (χ3v) is 8.01. The van der Waals surface area contributed by atoms with Crippen molar-refractivity contribution >= 4 is 26.5 Å². The number of aromatic nitrogens is 1. The van der Waals surface area contributed by atoms with Crippen LogP contribution in [-0.4, -0.2) is 42.6 Å². The number of nitrogens with one attached hydrogen (secondary N) is 1. The summed E-state index contributed by atoms with van der Waals surface area (Å²) in [4.78, 5) is 4.34. The molecule has 4 rings (SSSR count). The molecule has 3 aromatic rings. The lowest BCUT2D eigenvalue weighted by atomic mass is 9.97. The van der Waals surface area contributed by atoms with Gasteiger partial charge in [-0.3, -0.25) is 4.98 Å². The first-order valence-corrected chi connectivity index (χ1v) is 12.8. The van der Waals surface area contributed by atoms with Crippen LogP contribution in [0.15, 0.2) is 54.9 Å². The molecule has 1 aromatic heterocycles. The van der Waals surface area contributed by atoms with Gasteiger partial charge in [0.05, 0.1) is 5.75 Å². The molecule has 0 unspecified atom stereocenters. The molecule has 1 fully saturated rings. The summed E-state index contributed by atoms with van der Waals surface area (Å²) in [6, 6.07) is 15.5. The Bertz CT molecular complexity index is 1150. The van der Waals surface area contributed by atoms with Crippen LogP contribution < -0.4 is 5.32 Å². The molecule has 0 aliphatic carbocycles. The molecule has 0 bridgehead atoms. The molecular formula is C25H31N3O2S. The number of anilines is 1. The third-order valence-electron chi connectivity index (χ3n) is 6.13. The van der Waals surface area contributed by atoms with Crippen LogP contribution in [0.3, 0.4) is 0 Å². The number of hydrogen-bond acceptors (Lipinski definition) is 4. The fourth-order valence-corrected chi connectivity index (χ4v) is 5.49. The SMILES string of the molecule is CCCc1cccc(-c2cc(NC3CCN(S(=O)(=O)CC)CC3)c3cnccc3c2)c1. The van der Waals surface area contributed by atoms with Gasteiger partial charge in [0.15, 0.2) is 0 Å². The Hall–Kier alpha value is -2.44. The Kier molecular flexibility index (Phi) is 6.58. The lowest BCUT2D eigenvalue weighted by Gasteiger charge is -2.32. The van der Waals surface area contributed by atoms with E-state index in [4.69, 9.17) is 0 Å². The fourth-order valence-electron chi connectivity index (χ4n) is 4.36. The van der Waals surface area contributed by atoms with Gasteiger partial charge in [-0.05, 0) is 66.5 Å². The van der Waals surface area contributed by atoms with Crippen LogP contribution in [0, 0.1) is 0 Å². The second-order valence-electron chi connectivity index (χ2n) is 8.29. The number of hydrogen-bond donors (Lipinski definition) is 1. The van der Waals surface area contributed by atoms with Crippen LogP contribution in [0.1, 0.15) is 38.7 Å². The van der Waals surface area contributed by atoms with Crippen molar-refractivity contribution < 1.29 is 8.42 Å². The Morgan fingerprint density at radius 2 is 1.87 bits per heavy atom. The number of sulfonamides is 1. The van der Waals surface area contributed by atoms with Gasteiger partial charge in [-0.2, -0.15) is 0 Å². The number of fused-ring (bicyclic) bond motifs is 1. The summed E-state index contributed by atoms with van der Waals surface area (Å²) in [5.74, 6) is 0.167. The molecule has 1 saturated heterocycles. The van der Waals surface area contributed by atoms with E-state index in [1.54, 1.807) is 11.2 Å². The summed E-state index contributed by atoms with van der Waals surface area (Å²) in [7, 11) is -3.11. The van der Waals surface area contributed by atoms with E-state index in [-0.39, 0.29) is 11.8 Å². The minimum atomic E-state index is -3.11. The molecule has 31 heavy (non-hydrogen) atoms. The van der Waals surface area contributed by atoms with E-state index in [1.807, 2.05) is 12.4 Å². The average molecular weight is 438 g/mol. The molecule has 1 N–H and O–H groups in total. The van der Waals surface area contributed by atoms with E-state index >= 15 is 0 Å². The number of pyridine rings is 1. The van der Waals surface area contributed by atoms with E-state index in [1.165, 1.54) is 16.7 Å². The molecule has 0 atom stereocenters. The fraction of sp³-hybridized carbons (Fsp3) is 0.400. The Morgan fingerprint density at radius 3 is 2.61 bits per heavy atom. The molecule has 1 aliphatic heterocycles. The first-order valence-electron chi connectivity index (χ1n) is 11.2. The van der Waals surface area contributed by atoms with Crippen molar-refractivity contribution in [2.75, 3.05) is 24.2 Å². The normalized spacial score (nSPS) is 15.9. The quantitative estimate of drug-likeness (QED) is 0.560. The molecule has 2 aromatic carbocycles. The number of benzene rings is 2. The lowest BCUT2D eigenvalue weighted by molar-refractivity contribution is 0.330. The topological polar surface area (TPSA) is 62.3 Å². The second kappa shape index (κ2) is 9.37. The first kappa shape index (κ1) is 21.8. The molecule has 2 heterocycles. The highest BCUT2D eigenvalue weighted by molar-refractivity contribution is 7.89. The van der Waals surface area contributed by atoms with Crippen LogP contribution >= 0.6 is 0 Å². The summed E-state index contributed by atoms with van der Waals surface area (Å²) >= 11 is 0. The Balaban J connectivity index is 1.61. The standard InChI is InChI=1S/C25H31N3O2S/c1-3-6-19-7-5-8-20(15-19)22-16-21-9-12-26-18-24(21)25(17-22)27-23-10-13-28(14-11-23)31(29,30)4-2/h5,7-9,12,15-18,23,27H,3-4,6,10-11,13-14H2,1-2H3. The summed E-state index contributed by atoms with van der Waals surface area (Å²) < 4.78 is 26.0. The van der Waals surface area contributed by atoms with Crippen LogP contribution in [-0.2, 0) is 16.4 Å². The molecule has 5 nitrogen and oxygen atoms in total. The van der Waals surface area contributed by atoms with E-state index in [9.17, 15) is 8.42 Å². The van der Waals surface area contributed by atoms with Crippen LogP contribution in [0.4, 0.5) is 5.69 Å². The zero-order chi connectivity index (χ0) is 21.8. The van der Waals surface area contributed by atoms with Crippen molar-refractivity contribution in [1.82, 2.24) is 9.29 Å². The number of nitrogens with zero attached hydrogens (tertiary/aromatic N) is 2. The zero-order valence-corrected chi connectivity index (χ0v) is 19.2.